The summed E-state index contributed by atoms with van der Waals surface area (Å²) in [5.41, 5.74) is 3.22. The fraction of sp³-hybridized carbons (Fsp3) is 0.240. The van der Waals surface area contributed by atoms with Crippen LogP contribution < -0.4 is 10.2 Å². The predicted molar refractivity (Wildman–Crippen MR) is 134 cm³/mol. The van der Waals surface area contributed by atoms with Crippen LogP contribution in [0.15, 0.2) is 41.9 Å². The van der Waals surface area contributed by atoms with Crippen molar-refractivity contribution < 1.29 is 19.5 Å². The zero-order valence-corrected chi connectivity index (χ0v) is 19.7. The van der Waals surface area contributed by atoms with Gasteiger partial charge in [0.25, 0.3) is 11.8 Å². The second kappa shape index (κ2) is 7.62. The molecule has 6 heterocycles. The van der Waals surface area contributed by atoms with E-state index in [0.29, 0.717) is 59.9 Å². The van der Waals surface area contributed by atoms with E-state index < -0.39 is 17.9 Å². The molecule has 2 saturated heterocycles. The third-order valence-electron chi connectivity index (χ3n) is 7.35. The number of likely N-dealkylation sites (tertiary alicyclic amines) is 1. The molecule has 0 aliphatic carbocycles. The Kier molecular flexibility index (Phi) is 4.46. The predicted octanol–water partition coefficient (Wildman–Crippen LogP) is 2.79. The van der Waals surface area contributed by atoms with E-state index in [1.807, 2.05) is 35.7 Å². The molecule has 3 N–H and O–H groups in total. The summed E-state index contributed by atoms with van der Waals surface area (Å²) < 4.78 is 0.904. The summed E-state index contributed by atoms with van der Waals surface area (Å²) in [6.07, 6.45) is 0.871. The zero-order valence-electron chi connectivity index (χ0n) is 18.9. The number of para-hydroxylation sites is 1. The van der Waals surface area contributed by atoms with Gasteiger partial charge >= 0.3 is 6.09 Å². The van der Waals surface area contributed by atoms with E-state index >= 15 is 0 Å². The molecule has 7 rings (SSSR count). The van der Waals surface area contributed by atoms with Gasteiger partial charge in [-0.25, -0.2) is 14.8 Å². The van der Waals surface area contributed by atoms with Gasteiger partial charge in [-0.05, 0) is 17.5 Å². The summed E-state index contributed by atoms with van der Waals surface area (Å²) in [6, 6.07) is 9.40. The van der Waals surface area contributed by atoms with Gasteiger partial charge in [-0.15, -0.1) is 11.3 Å². The van der Waals surface area contributed by atoms with Gasteiger partial charge in [0.05, 0.1) is 32.6 Å². The van der Waals surface area contributed by atoms with Gasteiger partial charge in [-0.2, -0.15) is 0 Å². The molecular formula is C25H20N6O4S. The van der Waals surface area contributed by atoms with E-state index in [2.05, 4.69) is 15.2 Å². The molecule has 11 heteroatoms. The zero-order chi connectivity index (χ0) is 24.6. The Hall–Kier alpha value is -4.25. The van der Waals surface area contributed by atoms with Crippen LogP contribution in [-0.2, 0) is 9.59 Å². The molecule has 2 fully saturated rings. The minimum atomic E-state index is -0.888. The number of aromatic nitrogens is 3. The molecule has 2 unspecified atom stereocenters. The number of aromatic amines is 1. The van der Waals surface area contributed by atoms with E-state index in [1.54, 1.807) is 6.20 Å². The number of amides is 3. The first kappa shape index (κ1) is 21.1. The standard InChI is InChI=1S/C25H20N6O4S/c32-22-18(15-7-26-17-5-6-36-21(15)17)19(23(33)29-22)20-14-3-1-2-4-16(14)27-24(28-20)30-8-12-10-31(25(34)35)11-13(12)9-30/h1-7,12-13,26H,8-11H2,(H,34,35)(H,29,32,33). The van der Waals surface area contributed by atoms with Crippen molar-refractivity contribution in [3.05, 3.63) is 53.2 Å². The minimum absolute atomic E-state index is 0.206. The van der Waals surface area contributed by atoms with Crippen LogP contribution in [-0.4, -0.2) is 69.0 Å². The molecule has 3 aromatic heterocycles. The Morgan fingerprint density at radius 2 is 1.75 bits per heavy atom. The molecule has 0 spiro atoms. The topological polar surface area (TPSA) is 132 Å². The van der Waals surface area contributed by atoms with Gasteiger partial charge in [0.1, 0.15) is 0 Å². The van der Waals surface area contributed by atoms with Gasteiger partial charge in [0.15, 0.2) is 0 Å². The Balaban J connectivity index is 1.37. The number of carboxylic acid groups (broad SMARTS) is 1. The molecule has 3 aliphatic rings. The first-order valence-electron chi connectivity index (χ1n) is 11.6. The molecule has 180 valence electrons. The van der Waals surface area contributed by atoms with E-state index in [4.69, 9.17) is 9.97 Å². The normalized spacial score (nSPS) is 21.8. The number of hydrogen-bond donors (Lipinski definition) is 3. The summed E-state index contributed by atoms with van der Waals surface area (Å²) >= 11 is 1.50. The minimum Gasteiger partial charge on any atom is -0.465 e. The number of carbonyl (C=O) groups is 3. The van der Waals surface area contributed by atoms with Crippen molar-refractivity contribution in [3.63, 3.8) is 0 Å². The number of thiophene rings is 1. The van der Waals surface area contributed by atoms with Crippen LogP contribution >= 0.6 is 11.3 Å². The monoisotopic (exact) mass is 500 g/mol. The summed E-state index contributed by atoms with van der Waals surface area (Å²) in [5.74, 6) is -0.0335. The number of hydrogen-bond acceptors (Lipinski definition) is 7. The Bertz CT molecular complexity index is 1620. The van der Waals surface area contributed by atoms with Crippen molar-refractivity contribution in [1.29, 1.82) is 0 Å². The maximum atomic E-state index is 13.2. The third kappa shape index (κ3) is 3.05. The SMILES string of the molecule is O=C1NC(=O)C(c2c[nH]c3ccsc23)=C1c1nc(N2CC3CN(C(=O)O)CC3C2)nc2ccccc12. The van der Waals surface area contributed by atoms with E-state index in [-0.39, 0.29) is 17.4 Å². The molecule has 10 nitrogen and oxygen atoms in total. The quantitative estimate of drug-likeness (QED) is 0.369. The Morgan fingerprint density at radius 3 is 2.53 bits per heavy atom. The van der Waals surface area contributed by atoms with Crippen molar-refractivity contribution in [2.75, 3.05) is 31.1 Å². The number of nitrogens with one attached hydrogen (secondary N) is 2. The molecular weight excluding hydrogens is 480 g/mol. The summed E-state index contributed by atoms with van der Waals surface area (Å²) in [5, 5.41) is 14.4. The number of carbonyl (C=O) groups excluding carboxylic acids is 2. The summed E-state index contributed by atoms with van der Waals surface area (Å²) in [4.78, 5) is 53.9. The van der Waals surface area contributed by atoms with Crippen molar-refractivity contribution in [2.45, 2.75) is 0 Å². The van der Waals surface area contributed by atoms with E-state index in [1.165, 1.54) is 16.2 Å². The lowest BCUT2D eigenvalue weighted by Gasteiger charge is -2.21. The fourth-order valence-electron chi connectivity index (χ4n) is 5.68. The Labute approximate surface area is 208 Å². The molecule has 2 atom stereocenters. The molecule has 0 saturated carbocycles. The number of fused-ring (bicyclic) bond motifs is 3. The largest absolute Gasteiger partial charge is 0.465 e. The first-order chi connectivity index (χ1) is 17.5. The lowest BCUT2D eigenvalue weighted by molar-refractivity contribution is -0.122. The molecule has 4 aromatic rings. The van der Waals surface area contributed by atoms with Gasteiger partial charge in [-0.3, -0.25) is 14.9 Å². The highest BCUT2D eigenvalue weighted by Gasteiger charge is 2.43. The van der Waals surface area contributed by atoms with Crippen molar-refractivity contribution >= 4 is 67.5 Å². The maximum absolute atomic E-state index is 13.2. The van der Waals surface area contributed by atoms with Crippen LogP contribution in [0.1, 0.15) is 11.3 Å². The van der Waals surface area contributed by atoms with Crippen LogP contribution in [0.25, 0.3) is 32.3 Å². The summed E-state index contributed by atoms with van der Waals surface area (Å²) in [6.45, 7) is 2.26. The molecule has 0 radical (unpaired) electrons. The number of imide groups is 1. The molecule has 3 aliphatic heterocycles. The number of benzene rings is 1. The Morgan fingerprint density at radius 1 is 1.00 bits per heavy atom. The first-order valence-corrected chi connectivity index (χ1v) is 12.5. The van der Waals surface area contributed by atoms with Crippen molar-refractivity contribution in [1.82, 2.24) is 25.2 Å². The van der Waals surface area contributed by atoms with Gasteiger partial charge < -0.3 is 19.9 Å². The number of anilines is 1. The second-order valence-electron chi connectivity index (χ2n) is 9.40. The third-order valence-corrected chi connectivity index (χ3v) is 8.30. The van der Waals surface area contributed by atoms with Crippen molar-refractivity contribution in [2.24, 2.45) is 11.8 Å². The highest BCUT2D eigenvalue weighted by molar-refractivity contribution is 7.17. The average molecular weight is 501 g/mol. The lowest BCUT2D eigenvalue weighted by Crippen LogP contribution is -2.32. The lowest BCUT2D eigenvalue weighted by atomic mass is 9.99. The fourth-order valence-corrected chi connectivity index (χ4v) is 6.56. The maximum Gasteiger partial charge on any atom is 0.407 e. The highest BCUT2D eigenvalue weighted by atomic mass is 32.1. The number of rotatable bonds is 3. The van der Waals surface area contributed by atoms with E-state index in [0.717, 1.165) is 10.2 Å². The van der Waals surface area contributed by atoms with Crippen molar-refractivity contribution in [3.8, 4) is 0 Å². The van der Waals surface area contributed by atoms with Gasteiger partial charge in [0.2, 0.25) is 5.95 Å². The summed E-state index contributed by atoms with van der Waals surface area (Å²) in [7, 11) is 0. The van der Waals surface area contributed by atoms with Crippen LogP contribution in [0.2, 0.25) is 0 Å². The molecule has 36 heavy (non-hydrogen) atoms. The van der Waals surface area contributed by atoms with Gasteiger partial charge in [-0.1, -0.05) is 18.2 Å². The molecule has 0 bridgehead atoms. The second-order valence-corrected chi connectivity index (χ2v) is 10.3. The van der Waals surface area contributed by atoms with Crippen LogP contribution in [0, 0.1) is 11.8 Å². The van der Waals surface area contributed by atoms with Crippen LogP contribution in [0.4, 0.5) is 10.7 Å². The molecule has 1 aromatic carbocycles. The van der Waals surface area contributed by atoms with Crippen LogP contribution in [0.5, 0.6) is 0 Å². The number of nitrogens with zero attached hydrogens (tertiary/aromatic N) is 4. The smallest absolute Gasteiger partial charge is 0.407 e. The molecule has 3 amide bonds. The van der Waals surface area contributed by atoms with Gasteiger partial charge in [0, 0.05) is 55.2 Å². The van der Waals surface area contributed by atoms with E-state index in [9.17, 15) is 19.5 Å². The number of H-pyrrole nitrogens is 1. The van der Waals surface area contributed by atoms with Crippen LogP contribution in [0.3, 0.4) is 0 Å². The average Bonchev–Trinajstić information content (AvgIpc) is 3.65. The highest BCUT2D eigenvalue weighted by Crippen LogP contribution is 2.39.